The lowest BCUT2D eigenvalue weighted by atomic mass is 9.85. The van der Waals surface area contributed by atoms with E-state index in [1.54, 1.807) is 7.11 Å². The van der Waals surface area contributed by atoms with Crippen LogP contribution in [-0.4, -0.2) is 64.9 Å². The molecule has 1 fully saturated rings. The van der Waals surface area contributed by atoms with E-state index < -0.39 is 0 Å². The number of rotatable bonds is 13. The Morgan fingerprint density at radius 1 is 1.00 bits per heavy atom. The van der Waals surface area contributed by atoms with E-state index in [0.717, 1.165) is 45.6 Å². The first-order valence-corrected chi connectivity index (χ1v) is 7.86. The molecule has 0 aliphatic heterocycles. The van der Waals surface area contributed by atoms with Crippen LogP contribution in [-0.2, 0) is 18.9 Å². The lowest BCUT2D eigenvalue weighted by molar-refractivity contribution is -0.152. The molecule has 0 aromatic rings. The summed E-state index contributed by atoms with van der Waals surface area (Å²) in [5, 5.41) is 3.45. The van der Waals surface area contributed by atoms with Crippen LogP contribution in [0.2, 0.25) is 0 Å². The van der Waals surface area contributed by atoms with Crippen LogP contribution in [0.25, 0.3) is 0 Å². The first-order valence-electron chi connectivity index (χ1n) is 7.86. The van der Waals surface area contributed by atoms with Crippen molar-refractivity contribution in [2.45, 2.75) is 51.4 Å². The van der Waals surface area contributed by atoms with E-state index in [9.17, 15) is 0 Å². The zero-order valence-corrected chi connectivity index (χ0v) is 13.2. The predicted molar refractivity (Wildman–Crippen MR) is 79.2 cm³/mol. The largest absolute Gasteiger partial charge is 0.385 e. The Labute approximate surface area is 123 Å². The van der Waals surface area contributed by atoms with Crippen molar-refractivity contribution in [3.05, 3.63) is 0 Å². The van der Waals surface area contributed by atoms with Gasteiger partial charge in [0.05, 0.1) is 25.4 Å². The van der Waals surface area contributed by atoms with Crippen LogP contribution in [0.4, 0.5) is 0 Å². The lowest BCUT2D eigenvalue weighted by Gasteiger charge is -2.44. The normalized spacial score (nSPS) is 25.6. The van der Waals surface area contributed by atoms with Crippen molar-refractivity contribution in [2.75, 3.05) is 46.7 Å². The maximum absolute atomic E-state index is 5.87. The summed E-state index contributed by atoms with van der Waals surface area (Å²) in [6.45, 7) is 8.81. The highest BCUT2D eigenvalue weighted by atomic mass is 16.6. The zero-order chi connectivity index (χ0) is 14.6. The fourth-order valence-corrected chi connectivity index (χ4v) is 2.35. The molecule has 5 nitrogen and oxygen atoms in total. The van der Waals surface area contributed by atoms with Gasteiger partial charge in [-0.2, -0.15) is 0 Å². The Kier molecular flexibility index (Phi) is 10.2. The number of ether oxygens (including phenoxy) is 4. The van der Waals surface area contributed by atoms with Crippen molar-refractivity contribution in [1.82, 2.24) is 5.32 Å². The smallest absolute Gasteiger partial charge is 0.0990 e. The van der Waals surface area contributed by atoms with Gasteiger partial charge in [-0.1, -0.05) is 13.8 Å². The summed E-state index contributed by atoms with van der Waals surface area (Å²) in [6.07, 6.45) is 3.43. The van der Waals surface area contributed by atoms with Crippen LogP contribution in [0, 0.1) is 0 Å². The molecule has 0 radical (unpaired) electrons. The molecule has 0 heterocycles. The SMILES string of the molecule is CCCOC1C(NCC)CC1OCCOCCCOC. The number of hydrogen-bond acceptors (Lipinski definition) is 5. The Bertz CT molecular complexity index is 228. The van der Waals surface area contributed by atoms with Gasteiger partial charge < -0.3 is 24.3 Å². The number of hydrogen-bond donors (Lipinski definition) is 1. The van der Waals surface area contributed by atoms with E-state index in [1.807, 2.05) is 0 Å². The average Bonchev–Trinajstić information content (AvgIpc) is 2.44. The van der Waals surface area contributed by atoms with Gasteiger partial charge in [0.1, 0.15) is 0 Å². The third-order valence-electron chi connectivity index (χ3n) is 3.43. The zero-order valence-electron chi connectivity index (χ0n) is 13.2. The molecular formula is C15H31NO4. The molecule has 120 valence electrons. The maximum Gasteiger partial charge on any atom is 0.0990 e. The van der Waals surface area contributed by atoms with Gasteiger partial charge in [-0.05, 0) is 25.8 Å². The highest BCUT2D eigenvalue weighted by Crippen LogP contribution is 2.27. The lowest BCUT2D eigenvalue weighted by Crippen LogP contribution is -2.60. The van der Waals surface area contributed by atoms with Crippen molar-refractivity contribution >= 4 is 0 Å². The summed E-state index contributed by atoms with van der Waals surface area (Å²) >= 11 is 0. The second kappa shape index (κ2) is 11.5. The highest BCUT2D eigenvalue weighted by Gasteiger charge is 2.42. The quantitative estimate of drug-likeness (QED) is 0.522. The molecular weight excluding hydrogens is 258 g/mol. The molecule has 3 unspecified atom stereocenters. The van der Waals surface area contributed by atoms with Crippen LogP contribution >= 0.6 is 0 Å². The predicted octanol–water partition coefficient (Wildman–Crippen LogP) is 1.60. The van der Waals surface area contributed by atoms with E-state index in [0.29, 0.717) is 19.3 Å². The Hall–Kier alpha value is -0.200. The molecule has 1 saturated carbocycles. The summed E-state index contributed by atoms with van der Waals surface area (Å²) in [5.41, 5.74) is 0. The van der Waals surface area contributed by atoms with Crippen LogP contribution in [0.15, 0.2) is 0 Å². The second-order valence-electron chi connectivity index (χ2n) is 5.10. The standard InChI is InChI=1S/C15H31NO4/c1-4-7-20-15-13(16-5-2)12-14(15)19-11-10-18-9-6-8-17-3/h13-16H,4-12H2,1-3H3. The van der Waals surface area contributed by atoms with Crippen molar-refractivity contribution in [2.24, 2.45) is 0 Å². The fourth-order valence-electron chi connectivity index (χ4n) is 2.35. The van der Waals surface area contributed by atoms with Gasteiger partial charge in [-0.3, -0.25) is 0 Å². The molecule has 0 bridgehead atoms. The van der Waals surface area contributed by atoms with Crippen LogP contribution < -0.4 is 5.32 Å². The van der Waals surface area contributed by atoms with Gasteiger partial charge >= 0.3 is 0 Å². The van der Waals surface area contributed by atoms with Crippen LogP contribution in [0.5, 0.6) is 0 Å². The molecule has 0 saturated heterocycles. The third kappa shape index (κ3) is 6.50. The molecule has 0 amide bonds. The van der Waals surface area contributed by atoms with Gasteiger partial charge in [0, 0.05) is 33.0 Å². The summed E-state index contributed by atoms with van der Waals surface area (Å²) in [4.78, 5) is 0. The van der Waals surface area contributed by atoms with Gasteiger partial charge in [0.2, 0.25) is 0 Å². The second-order valence-corrected chi connectivity index (χ2v) is 5.10. The first kappa shape index (κ1) is 17.9. The minimum atomic E-state index is 0.198. The van der Waals surface area contributed by atoms with Crippen molar-refractivity contribution in [3.8, 4) is 0 Å². The number of methoxy groups -OCH3 is 1. The average molecular weight is 289 g/mol. The van der Waals surface area contributed by atoms with Gasteiger partial charge in [0.25, 0.3) is 0 Å². The third-order valence-corrected chi connectivity index (χ3v) is 3.43. The van der Waals surface area contributed by atoms with Crippen molar-refractivity contribution < 1.29 is 18.9 Å². The summed E-state index contributed by atoms with van der Waals surface area (Å²) in [6, 6.07) is 0.444. The van der Waals surface area contributed by atoms with E-state index in [4.69, 9.17) is 18.9 Å². The molecule has 0 aromatic heterocycles. The van der Waals surface area contributed by atoms with E-state index >= 15 is 0 Å². The van der Waals surface area contributed by atoms with Gasteiger partial charge in [-0.15, -0.1) is 0 Å². The number of likely N-dealkylation sites (N-methyl/N-ethyl adjacent to an activating group) is 1. The van der Waals surface area contributed by atoms with Crippen LogP contribution in [0.1, 0.15) is 33.1 Å². The van der Waals surface area contributed by atoms with E-state index in [2.05, 4.69) is 19.2 Å². The Balaban J connectivity index is 2.06. The van der Waals surface area contributed by atoms with E-state index in [-0.39, 0.29) is 12.2 Å². The molecule has 0 aromatic carbocycles. The minimum absolute atomic E-state index is 0.198. The fraction of sp³-hybridized carbons (Fsp3) is 1.00. The Morgan fingerprint density at radius 2 is 1.85 bits per heavy atom. The first-order chi connectivity index (χ1) is 9.83. The number of nitrogens with one attached hydrogen (secondary N) is 1. The maximum atomic E-state index is 5.87. The molecule has 1 N–H and O–H groups in total. The minimum Gasteiger partial charge on any atom is -0.385 e. The molecule has 1 rings (SSSR count). The molecule has 5 heteroatoms. The summed E-state index contributed by atoms with van der Waals surface area (Å²) in [5.74, 6) is 0. The monoisotopic (exact) mass is 289 g/mol. The molecule has 1 aliphatic carbocycles. The molecule has 0 spiro atoms. The Morgan fingerprint density at radius 3 is 2.55 bits per heavy atom. The molecule has 3 atom stereocenters. The van der Waals surface area contributed by atoms with Crippen molar-refractivity contribution in [3.63, 3.8) is 0 Å². The van der Waals surface area contributed by atoms with Gasteiger partial charge in [-0.25, -0.2) is 0 Å². The topological polar surface area (TPSA) is 49.0 Å². The van der Waals surface area contributed by atoms with Crippen molar-refractivity contribution in [1.29, 1.82) is 0 Å². The van der Waals surface area contributed by atoms with Crippen LogP contribution in [0.3, 0.4) is 0 Å². The molecule has 20 heavy (non-hydrogen) atoms. The summed E-state index contributed by atoms with van der Waals surface area (Å²) < 4.78 is 22.2. The van der Waals surface area contributed by atoms with E-state index in [1.165, 1.54) is 0 Å². The molecule has 1 aliphatic rings. The van der Waals surface area contributed by atoms with Gasteiger partial charge in [0.15, 0.2) is 0 Å². The summed E-state index contributed by atoms with van der Waals surface area (Å²) in [7, 11) is 1.71. The highest BCUT2D eigenvalue weighted by molar-refractivity contribution is 4.97.